The maximum Gasteiger partial charge on any atom is 0.338 e. The van der Waals surface area contributed by atoms with Gasteiger partial charge in [0, 0.05) is 12.7 Å². The molecule has 0 atom stereocenters. The molecular formula is C14H17NO4. The number of nitrogens with zero attached hydrogens (tertiary/aromatic N) is 1. The van der Waals surface area contributed by atoms with E-state index in [0.717, 1.165) is 5.69 Å². The average molecular weight is 263 g/mol. The molecule has 5 heteroatoms. The highest BCUT2D eigenvalue weighted by Gasteiger charge is 2.09. The third kappa shape index (κ3) is 4.91. The second-order valence-electron chi connectivity index (χ2n) is 4.38. The van der Waals surface area contributed by atoms with Gasteiger partial charge in [0.15, 0.2) is 5.78 Å². The Morgan fingerprint density at radius 1 is 1.05 bits per heavy atom. The molecule has 1 rings (SSSR count). The summed E-state index contributed by atoms with van der Waals surface area (Å²) in [4.78, 5) is 35.1. The van der Waals surface area contributed by atoms with Gasteiger partial charge in [0.2, 0.25) is 0 Å². The second-order valence-corrected chi connectivity index (χ2v) is 4.38. The molecule has 0 aliphatic carbocycles. The molecule has 0 saturated carbocycles. The molecule has 0 spiro atoms. The number of anilines is 1. The number of likely N-dealkylation sites (N-methyl/N-ethyl adjacent to an activating group) is 1. The van der Waals surface area contributed by atoms with E-state index >= 15 is 0 Å². The molecule has 0 aliphatic rings. The van der Waals surface area contributed by atoms with E-state index in [-0.39, 0.29) is 18.2 Å². The first kappa shape index (κ1) is 14.9. The van der Waals surface area contributed by atoms with Crippen LogP contribution in [0, 0.1) is 0 Å². The molecule has 0 saturated heterocycles. The van der Waals surface area contributed by atoms with Crippen molar-refractivity contribution in [3.8, 4) is 0 Å². The van der Waals surface area contributed by atoms with Crippen LogP contribution in [0.25, 0.3) is 0 Å². The summed E-state index contributed by atoms with van der Waals surface area (Å²) in [5.74, 6) is -0.672. The van der Waals surface area contributed by atoms with E-state index in [2.05, 4.69) is 0 Å². The number of benzene rings is 1. The van der Waals surface area contributed by atoms with Gasteiger partial charge in [-0.05, 0) is 38.1 Å². The predicted molar refractivity (Wildman–Crippen MR) is 71.4 cm³/mol. The number of hydrogen-bond donors (Lipinski definition) is 0. The summed E-state index contributed by atoms with van der Waals surface area (Å²) in [6, 6.07) is 6.67. The molecule has 19 heavy (non-hydrogen) atoms. The van der Waals surface area contributed by atoms with Gasteiger partial charge in [0.25, 0.3) is 0 Å². The summed E-state index contributed by atoms with van der Waals surface area (Å²) in [7, 11) is 1.80. The number of rotatable bonds is 6. The fourth-order valence-corrected chi connectivity index (χ4v) is 1.53. The average Bonchev–Trinajstić information content (AvgIpc) is 2.35. The van der Waals surface area contributed by atoms with Gasteiger partial charge < -0.3 is 9.64 Å². The molecular weight excluding hydrogens is 246 g/mol. The number of ether oxygens (including phenoxy) is 1. The molecule has 5 nitrogen and oxygen atoms in total. The lowest BCUT2D eigenvalue weighted by molar-refractivity contribution is -0.120. The van der Waals surface area contributed by atoms with Gasteiger partial charge in [-0.3, -0.25) is 9.59 Å². The van der Waals surface area contributed by atoms with E-state index in [1.54, 1.807) is 36.2 Å². The Balaban J connectivity index is 2.67. The smallest absolute Gasteiger partial charge is 0.338 e. The van der Waals surface area contributed by atoms with Crippen molar-refractivity contribution in [1.82, 2.24) is 0 Å². The first-order valence-electron chi connectivity index (χ1n) is 5.87. The first-order valence-corrected chi connectivity index (χ1v) is 5.87. The minimum Gasteiger partial charge on any atom is -0.454 e. The predicted octanol–water partition coefficient (Wildman–Crippen LogP) is 1.46. The van der Waals surface area contributed by atoms with Crippen LogP contribution in [-0.4, -0.2) is 37.7 Å². The summed E-state index contributed by atoms with van der Waals surface area (Å²) in [5, 5.41) is 0. The van der Waals surface area contributed by atoms with Gasteiger partial charge >= 0.3 is 5.97 Å². The molecule has 1 aromatic carbocycles. The normalized spacial score (nSPS) is 9.84. The van der Waals surface area contributed by atoms with Crippen LogP contribution in [0.5, 0.6) is 0 Å². The molecule has 0 bridgehead atoms. The van der Waals surface area contributed by atoms with Gasteiger partial charge in [0.05, 0.1) is 12.1 Å². The largest absolute Gasteiger partial charge is 0.454 e. The van der Waals surface area contributed by atoms with Crippen molar-refractivity contribution in [3.63, 3.8) is 0 Å². The van der Waals surface area contributed by atoms with Crippen molar-refractivity contribution in [2.24, 2.45) is 0 Å². The topological polar surface area (TPSA) is 63.7 Å². The standard InChI is InChI=1S/C14H17NO4/c1-10(16)8-15(3)13-6-4-12(5-7-13)14(18)19-9-11(2)17/h4-7H,8-9H2,1-3H3. The zero-order valence-electron chi connectivity index (χ0n) is 11.3. The summed E-state index contributed by atoms with van der Waals surface area (Å²) in [6.07, 6.45) is 0. The van der Waals surface area contributed by atoms with Crippen LogP contribution < -0.4 is 4.90 Å². The van der Waals surface area contributed by atoms with Crippen LogP contribution in [0.2, 0.25) is 0 Å². The number of carbonyl (C=O) groups excluding carboxylic acids is 3. The fourth-order valence-electron chi connectivity index (χ4n) is 1.53. The van der Waals surface area contributed by atoms with E-state index in [1.807, 2.05) is 0 Å². The van der Waals surface area contributed by atoms with E-state index in [4.69, 9.17) is 4.74 Å². The monoisotopic (exact) mass is 263 g/mol. The van der Waals surface area contributed by atoms with Crippen LogP contribution in [0.15, 0.2) is 24.3 Å². The zero-order valence-corrected chi connectivity index (χ0v) is 11.3. The molecule has 0 N–H and O–H groups in total. The molecule has 102 valence electrons. The van der Waals surface area contributed by atoms with Gasteiger partial charge in [0.1, 0.15) is 12.4 Å². The fraction of sp³-hybridized carbons (Fsp3) is 0.357. The Bertz CT molecular complexity index is 479. The van der Waals surface area contributed by atoms with Crippen LogP contribution in [0.4, 0.5) is 5.69 Å². The number of Topliss-reactive ketones (excluding diaryl/α,β-unsaturated/α-hetero) is 2. The number of carbonyl (C=O) groups is 3. The van der Waals surface area contributed by atoms with Crippen molar-refractivity contribution in [2.45, 2.75) is 13.8 Å². The molecule has 0 heterocycles. The van der Waals surface area contributed by atoms with Gasteiger partial charge in [-0.15, -0.1) is 0 Å². The van der Waals surface area contributed by atoms with Crippen molar-refractivity contribution < 1.29 is 19.1 Å². The minimum absolute atomic E-state index is 0.0624. The Hall–Kier alpha value is -2.17. The lowest BCUT2D eigenvalue weighted by Gasteiger charge is -2.17. The minimum atomic E-state index is -0.532. The van der Waals surface area contributed by atoms with Gasteiger partial charge in [-0.2, -0.15) is 0 Å². The van der Waals surface area contributed by atoms with E-state index in [9.17, 15) is 14.4 Å². The Morgan fingerprint density at radius 3 is 2.11 bits per heavy atom. The van der Waals surface area contributed by atoms with E-state index in [0.29, 0.717) is 12.1 Å². The quantitative estimate of drug-likeness (QED) is 0.727. The van der Waals surface area contributed by atoms with Crippen molar-refractivity contribution in [3.05, 3.63) is 29.8 Å². The first-order chi connectivity index (χ1) is 8.90. The lowest BCUT2D eigenvalue weighted by Crippen LogP contribution is -2.23. The third-order valence-corrected chi connectivity index (χ3v) is 2.41. The molecule has 0 aliphatic heterocycles. The SMILES string of the molecule is CC(=O)COC(=O)c1ccc(N(C)CC(C)=O)cc1. The Kier molecular flexibility index (Phi) is 5.23. The number of esters is 1. The Morgan fingerprint density at radius 2 is 1.63 bits per heavy atom. The van der Waals surface area contributed by atoms with Crippen molar-refractivity contribution >= 4 is 23.2 Å². The van der Waals surface area contributed by atoms with Gasteiger partial charge in [-0.1, -0.05) is 0 Å². The maximum absolute atomic E-state index is 11.6. The van der Waals surface area contributed by atoms with Crippen LogP contribution >= 0.6 is 0 Å². The molecule has 0 unspecified atom stereocenters. The van der Waals surface area contributed by atoms with Crippen molar-refractivity contribution in [2.75, 3.05) is 25.1 Å². The summed E-state index contributed by atoms with van der Waals surface area (Å²) in [6.45, 7) is 2.97. The molecule has 0 amide bonds. The maximum atomic E-state index is 11.6. The summed E-state index contributed by atoms with van der Waals surface area (Å²) < 4.78 is 4.80. The van der Waals surface area contributed by atoms with Crippen molar-refractivity contribution in [1.29, 1.82) is 0 Å². The van der Waals surface area contributed by atoms with Crippen LogP contribution in [0.3, 0.4) is 0 Å². The molecule has 1 aromatic rings. The van der Waals surface area contributed by atoms with Crippen LogP contribution in [0.1, 0.15) is 24.2 Å². The Labute approximate surface area is 112 Å². The second kappa shape index (κ2) is 6.68. The molecule has 0 radical (unpaired) electrons. The lowest BCUT2D eigenvalue weighted by atomic mass is 10.2. The molecule has 0 fully saturated rings. The number of ketones is 2. The highest BCUT2D eigenvalue weighted by molar-refractivity contribution is 5.91. The highest BCUT2D eigenvalue weighted by Crippen LogP contribution is 2.14. The van der Waals surface area contributed by atoms with Gasteiger partial charge in [-0.25, -0.2) is 4.79 Å². The molecule has 0 aromatic heterocycles. The van der Waals surface area contributed by atoms with Crippen LogP contribution in [-0.2, 0) is 14.3 Å². The zero-order chi connectivity index (χ0) is 14.4. The van der Waals surface area contributed by atoms with E-state index < -0.39 is 5.97 Å². The number of hydrogen-bond acceptors (Lipinski definition) is 5. The van der Waals surface area contributed by atoms with E-state index in [1.165, 1.54) is 13.8 Å². The highest BCUT2D eigenvalue weighted by atomic mass is 16.5. The summed E-state index contributed by atoms with van der Waals surface area (Å²) >= 11 is 0. The third-order valence-electron chi connectivity index (χ3n) is 2.41. The summed E-state index contributed by atoms with van der Waals surface area (Å²) in [5.41, 5.74) is 1.21.